The lowest BCUT2D eigenvalue weighted by atomic mass is 9.98. The number of methoxy groups -OCH3 is 1. The summed E-state index contributed by atoms with van der Waals surface area (Å²) in [5, 5.41) is 5.93. The predicted molar refractivity (Wildman–Crippen MR) is 83.7 cm³/mol. The van der Waals surface area contributed by atoms with Crippen molar-refractivity contribution in [2.75, 3.05) is 26.9 Å². The van der Waals surface area contributed by atoms with Gasteiger partial charge in [-0.05, 0) is 6.08 Å². The Labute approximate surface area is 130 Å². The van der Waals surface area contributed by atoms with E-state index in [2.05, 4.69) is 10.5 Å². The van der Waals surface area contributed by atoms with Gasteiger partial charge < -0.3 is 20.5 Å². The Morgan fingerprint density at radius 3 is 2.68 bits per heavy atom. The van der Waals surface area contributed by atoms with E-state index in [1.807, 2.05) is 13.8 Å². The number of rotatable bonds is 9. The molecule has 122 valence electrons. The van der Waals surface area contributed by atoms with Crippen molar-refractivity contribution in [3.8, 4) is 0 Å². The molecule has 0 bridgehead atoms. The fourth-order valence-electron chi connectivity index (χ4n) is 1.90. The molecule has 0 aromatic rings. The minimum atomic E-state index is -0.576. The van der Waals surface area contributed by atoms with Crippen molar-refractivity contribution in [1.29, 1.82) is 0 Å². The molecule has 0 amide bonds. The van der Waals surface area contributed by atoms with Gasteiger partial charge in [-0.2, -0.15) is 4.91 Å². The Kier molecular flexibility index (Phi) is 7.48. The third kappa shape index (κ3) is 5.09. The van der Waals surface area contributed by atoms with Crippen molar-refractivity contribution in [2.24, 2.45) is 16.8 Å². The normalized spacial score (nSPS) is 17.6. The molecule has 1 aliphatic heterocycles. The number of Topliss-reactive ketones (excluding diaryl/α,β-unsaturated/α-hetero) is 1. The number of carbonyl (C=O) groups is 1. The first-order valence-electron chi connectivity index (χ1n) is 7.09. The lowest BCUT2D eigenvalue weighted by molar-refractivity contribution is -0.118. The molecule has 1 atom stereocenters. The second kappa shape index (κ2) is 9.11. The van der Waals surface area contributed by atoms with Gasteiger partial charge in [0.2, 0.25) is 0 Å². The number of hydrogen-bond acceptors (Lipinski definition) is 7. The number of nitrogens with one attached hydrogen (secondary N) is 1. The van der Waals surface area contributed by atoms with E-state index in [4.69, 9.17) is 15.2 Å². The monoisotopic (exact) mass is 309 g/mol. The summed E-state index contributed by atoms with van der Waals surface area (Å²) in [6.45, 7) is 4.09. The average molecular weight is 309 g/mol. The number of nitrogens with zero attached hydrogens (tertiary/aromatic N) is 1. The van der Waals surface area contributed by atoms with Gasteiger partial charge in [0.15, 0.2) is 5.78 Å². The quantitative estimate of drug-likeness (QED) is 0.490. The first-order valence-corrected chi connectivity index (χ1v) is 7.09. The highest BCUT2D eigenvalue weighted by Gasteiger charge is 2.18. The SMILES string of the molecule is COCC(COC1=C/C(=C(/CN)C(=O)C(C)C)NC=C1)N=O. The lowest BCUT2D eigenvalue weighted by Gasteiger charge is -2.18. The molecule has 0 saturated carbocycles. The van der Waals surface area contributed by atoms with Crippen LogP contribution < -0.4 is 11.1 Å². The van der Waals surface area contributed by atoms with Crippen molar-refractivity contribution in [1.82, 2.24) is 5.32 Å². The van der Waals surface area contributed by atoms with Crippen LogP contribution in [0, 0.1) is 10.8 Å². The summed E-state index contributed by atoms with van der Waals surface area (Å²) < 4.78 is 10.4. The number of dihydropyridines is 1. The van der Waals surface area contributed by atoms with E-state index < -0.39 is 6.04 Å². The van der Waals surface area contributed by atoms with E-state index in [1.165, 1.54) is 7.11 Å². The van der Waals surface area contributed by atoms with Gasteiger partial charge in [0.25, 0.3) is 0 Å². The van der Waals surface area contributed by atoms with E-state index in [0.717, 1.165) is 0 Å². The number of allylic oxidation sites excluding steroid dienone is 2. The highest BCUT2D eigenvalue weighted by atomic mass is 16.5. The average Bonchev–Trinajstić information content (AvgIpc) is 2.52. The van der Waals surface area contributed by atoms with Crippen LogP contribution in [-0.4, -0.2) is 38.7 Å². The molecule has 1 rings (SSSR count). The molecule has 0 fully saturated rings. The lowest BCUT2D eigenvalue weighted by Crippen LogP contribution is -2.24. The van der Waals surface area contributed by atoms with Gasteiger partial charge in [0, 0.05) is 43.1 Å². The number of ketones is 1. The van der Waals surface area contributed by atoms with Crippen LogP contribution in [0.2, 0.25) is 0 Å². The van der Waals surface area contributed by atoms with Gasteiger partial charge in [0.1, 0.15) is 18.4 Å². The Morgan fingerprint density at radius 1 is 1.41 bits per heavy atom. The van der Waals surface area contributed by atoms with Gasteiger partial charge >= 0.3 is 0 Å². The molecule has 0 aromatic heterocycles. The molecule has 22 heavy (non-hydrogen) atoms. The summed E-state index contributed by atoms with van der Waals surface area (Å²) in [5.74, 6) is 0.380. The van der Waals surface area contributed by atoms with Crippen LogP contribution in [0.1, 0.15) is 13.8 Å². The smallest absolute Gasteiger partial charge is 0.164 e. The molecule has 0 saturated heterocycles. The molecule has 1 unspecified atom stereocenters. The molecule has 0 spiro atoms. The molecule has 1 heterocycles. The Hall–Kier alpha value is -1.99. The standard InChI is InChI=1S/C15H23N3O4/c1-10(2)15(19)13(7-16)14-6-12(4-5-17-14)22-9-11(18-20)8-21-3/h4-6,10-11,17H,7-9,16H2,1-3H3/b14-13+. The maximum Gasteiger partial charge on any atom is 0.164 e. The van der Waals surface area contributed by atoms with Crippen LogP contribution in [0.3, 0.4) is 0 Å². The van der Waals surface area contributed by atoms with E-state index >= 15 is 0 Å². The number of carbonyl (C=O) groups excluding carboxylic acids is 1. The van der Waals surface area contributed by atoms with Crippen LogP contribution in [0.4, 0.5) is 0 Å². The van der Waals surface area contributed by atoms with E-state index in [9.17, 15) is 9.70 Å². The van der Waals surface area contributed by atoms with Crippen LogP contribution in [0.5, 0.6) is 0 Å². The molecule has 0 aromatic carbocycles. The van der Waals surface area contributed by atoms with E-state index in [-0.39, 0.29) is 31.5 Å². The van der Waals surface area contributed by atoms with Crippen LogP contribution >= 0.6 is 0 Å². The zero-order chi connectivity index (χ0) is 16.5. The number of nitroso groups, excluding NO2 is 1. The van der Waals surface area contributed by atoms with Gasteiger partial charge in [-0.25, -0.2) is 0 Å². The summed E-state index contributed by atoms with van der Waals surface area (Å²) in [6, 6.07) is -0.576. The summed E-state index contributed by atoms with van der Waals surface area (Å²) in [5.41, 5.74) is 6.81. The first-order chi connectivity index (χ1) is 10.5. The van der Waals surface area contributed by atoms with Crippen molar-refractivity contribution >= 4 is 5.78 Å². The Bertz CT molecular complexity index is 495. The van der Waals surface area contributed by atoms with Gasteiger partial charge in [0.05, 0.1) is 6.61 Å². The Morgan fingerprint density at radius 2 is 2.14 bits per heavy atom. The summed E-state index contributed by atoms with van der Waals surface area (Å²) in [6.07, 6.45) is 5.05. The number of hydrogen-bond donors (Lipinski definition) is 2. The number of ether oxygens (including phenoxy) is 2. The van der Waals surface area contributed by atoms with E-state index in [0.29, 0.717) is 17.0 Å². The van der Waals surface area contributed by atoms with Crippen molar-refractivity contribution in [3.63, 3.8) is 0 Å². The van der Waals surface area contributed by atoms with Crippen LogP contribution in [-0.2, 0) is 14.3 Å². The Balaban J connectivity index is 2.84. The van der Waals surface area contributed by atoms with Crippen molar-refractivity contribution in [3.05, 3.63) is 40.3 Å². The van der Waals surface area contributed by atoms with Gasteiger partial charge in [-0.1, -0.05) is 19.0 Å². The maximum atomic E-state index is 12.1. The highest BCUT2D eigenvalue weighted by Crippen LogP contribution is 2.16. The largest absolute Gasteiger partial charge is 0.491 e. The van der Waals surface area contributed by atoms with Gasteiger partial charge in [-0.15, -0.1) is 0 Å². The topological polar surface area (TPSA) is 103 Å². The predicted octanol–water partition coefficient (Wildman–Crippen LogP) is 1.22. The summed E-state index contributed by atoms with van der Waals surface area (Å²) >= 11 is 0. The molecule has 1 aliphatic rings. The van der Waals surface area contributed by atoms with Crippen molar-refractivity contribution in [2.45, 2.75) is 19.9 Å². The molecular formula is C15H23N3O4. The van der Waals surface area contributed by atoms with Crippen molar-refractivity contribution < 1.29 is 14.3 Å². The molecule has 7 nitrogen and oxygen atoms in total. The van der Waals surface area contributed by atoms with Gasteiger partial charge in [-0.3, -0.25) is 4.79 Å². The molecule has 0 radical (unpaired) electrons. The second-order valence-corrected chi connectivity index (χ2v) is 5.17. The highest BCUT2D eigenvalue weighted by molar-refractivity contribution is 5.98. The molecular weight excluding hydrogens is 286 g/mol. The minimum Gasteiger partial charge on any atom is -0.491 e. The third-order valence-electron chi connectivity index (χ3n) is 3.07. The zero-order valence-corrected chi connectivity index (χ0v) is 13.2. The van der Waals surface area contributed by atoms with E-state index in [1.54, 1.807) is 18.4 Å². The maximum absolute atomic E-state index is 12.1. The first kappa shape index (κ1) is 18.1. The summed E-state index contributed by atoms with van der Waals surface area (Å²) in [4.78, 5) is 22.8. The minimum absolute atomic E-state index is 0.0114. The zero-order valence-electron chi connectivity index (χ0n) is 13.2. The molecule has 7 heteroatoms. The molecule has 3 N–H and O–H groups in total. The fraction of sp³-hybridized carbons (Fsp3) is 0.533. The van der Waals surface area contributed by atoms with Crippen LogP contribution in [0.25, 0.3) is 0 Å². The second-order valence-electron chi connectivity index (χ2n) is 5.17. The third-order valence-corrected chi connectivity index (χ3v) is 3.07. The fourth-order valence-corrected chi connectivity index (χ4v) is 1.90. The summed E-state index contributed by atoms with van der Waals surface area (Å²) in [7, 11) is 1.49. The number of nitrogens with two attached hydrogens (primary N) is 1. The molecule has 0 aliphatic carbocycles. The van der Waals surface area contributed by atoms with Crippen LogP contribution in [0.15, 0.2) is 40.6 Å².